The van der Waals surface area contributed by atoms with Crippen LogP contribution >= 0.6 is 0 Å². The second kappa shape index (κ2) is 8.29. The first kappa shape index (κ1) is 17.7. The minimum atomic E-state index is 0.632. The van der Waals surface area contributed by atoms with E-state index >= 15 is 0 Å². The molecule has 0 atom stereocenters. The van der Waals surface area contributed by atoms with Crippen molar-refractivity contribution in [2.24, 2.45) is 4.99 Å². The Kier molecular flexibility index (Phi) is 5.63. The van der Waals surface area contributed by atoms with Gasteiger partial charge < -0.3 is 10.2 Å². The van der Waals surface area contributed by atoms with E-state index in [4.69, 9.17) is 4.99 Å². The van der Waals surface area contributed by atoms with Crippen LogP contribution in [0.15, 0.2) is 66.0 Å². The van der Waals surface area contributed by atoms with Gasteiger partial charge in [0.1, 0.15) is 11.6 Å². The van der Waals surface area contributed by atoms with Crippen LogP contribution in [0.3, 0.4) is 0 Å². The summed E-state index contributed by atoms with van der Waals surface area (Å²) in [5, 5.41) is 3.43. The monoisotopic (exact) mass is 348 g/mol. The number of hydrogen-bond acceptors (Lipinski definition) is 3. The number of nitrogens with one attached hydrogen (secondary N) is 1. The van der Waals surface area contributed by atoms with E-state index < -0.39 is 0 Å². The van der Waals surface area contributed by atoms with Crippen LogP contribution in [0.25, 0.3) is 5.82 Å². The summed E-state index contributed by atoms with van der Waals surface area (Å²) in [6.45, 7) is 3.24. The SMILES string of the molecule is Cc1nccn1-c1ncccc1CNC(=NCc1ccccc1)N(C)C. The molecule has 0 unspecified atom stereocenters. The molecule has 0 radical (unpaired) electrons. The number of hydrogen-bond donors (Lipinski definition) is 1. The van der Waals surface area contributed by atoms with Crippen molar-refractivity contribution in [3.05, 3.63) is 78.0 Å². The van der Waals surface area contributed by atoms with Crippen molar-refractivity contribution in [2.45, 2.75) is 20.0 Å². The van der Waals surface area contributed by atoms with Gasteiger partial charge >= 0.3 is 0 Å². The average Bonchev–Trinajstić information content (AvgIpc) is 3.08. The van der Waals surface area contributed by atoms with Gasteiger partial charge in [-0.2, -0.15) is 0 Å². The number of nitrogens with zero attached hydrogens (tertiary/aromatic N) is 5. The lowest BCUT2D eigenvalue weighted by atomic mass is 10.2. The Bertz CT molecular complexity index is 867. The van der Waals surface area contributed by atoms with Crippen LogP contribution < -0.4 is 5.32 Å². The van der Waals surface area contributed by atoms with Crippen LogP contribution in [0.1, 0.15) is 17.0 Å². The van der Waals surface area contributed by atoms with E-state index in [0.29, 0.717) is 13.1 Å². The molecule has 0 spiro atoms. The lowest BCUT2D eigenvalue weighted by Gasteiger charge is -2.19. The summed E-state index contributed by atoms with van der Waals surface area (Å²) in [4.78, 5) is 15.5. The molecule has 0 saturated carbocycles. The molecule has 1 aromatic carbocycles. The van der Waals surface area contributed by atoms with E-state index in [2.05, 4.69) is 33.5 Å². The van der Waals surface area contributed by atoms with Gasteiger partial charge in [-0.05, 0) is 18.6 Å². The number of aliphatic imine (C=N–C) groups is 1. The standard InChI is InChI=1S/C20H24N6/c1-16-21-12-13-26(16)19-18(10-7-11-22-19)15-24-20(25(2)3)23-14-17-8-5-4-6-9-17/h4-13H,14-15H2,1-3H3,(H,23,24). The molecule has 0 aliphatic rings. The maximum Gasteiger partial charge on any atom is 0.194 e. The Morgan fingerprint density at radius 2 is 1.88 bits per heavy atom. The van der Waals surface area contributed by atoms with E-state index in [-0.39, 0.29) is 0 Å². The predicted molar refractivity (Wildman–Crippen MR) is 104 cm³/mol. The number of aryl methyl sites for hydroxylation is 1. The Labute approximate surface area is 154 Å². The molecule has 2 aromatic heterocycles. The molecule has 6 heteroatoms. The Morgan fingerprint density at radius 1 is 1.08 bits per heavy atom. The molecule has 0 bridgehead atoms. The number of aromatic nitrogens is 3. The zero-order valence-electron chi connectivity index (χ0n) is 15.4. The smallest absolute Gasteiger partial charge is 0.194 e. The topological polar surface area (TPSA) is 58.3 Å². The molecule has 6 nitrogen and oxygen atoms in total. The normalized spacial score (nSPS) is 11.4. The molecule has 3 rings (SSSR count). The van der Waals surface area contributed by atoms with Gasteiger partial charge in [-0.1, -0.05) is 36.4 Å². The number of benzene rings is 1. The van der Waals surface area contributed by atoms with E-state index in [0.717, 1.165) is 23.2 Å². The molecule has 26 heavy (non-hydrogen) atoms. The summed E-state index contributed by atoms with van der Waals surface area (Å²) in [6, 6.07) is 14.3. The predicted octanol–water partition coefficient (Wildman–Crippen LogP) is 2.78. The third-order valence-corrected chi connectivity index (χ3v) is 4.04. The van der Waals surface area contributed by atoms with Crippen LogP contribution in [0.4, 0.5) is 0 Å². The summed E-state index contributed by atoms with van der Waals surface area (Å²) >= 11 is 0. The van der Waals surface area contributed by atoms with Crippen molar-refractivity contribution in [3.63, 3.8) is 0 Å². The van der Waals surface area contributed by atoms with E-state index in [1.807, 2.05) is 60.9 Å². The molecule has 0 aliphatic carbocycles. The molecule has 0 fully saturated rings. The second-order valence-electron chi connectivity index (χ2n) is 6.20. The Hall–Kier alpha value is -3.15. The fourth-order valence-electron chi connectivity index (χ4n) is 2.67. The molecular formula is C20H24N6. The van der Waals surface area contributed by atoms with Crippen molar-refractivity contribution in [1.82, 2.24) is 24.8 Å². The molecule has 0 amide bonds. The minimum Gasteiger partial charge on any atom is -0.352 e. The van der Waals surface area contributed by atoms with Gasteiger partial charge in [-0.3, -0.25) is 4.57 Å². The highest BCUT2D eigenvalue weighted by molar-refractivity contribution is 5.79. The minimum absolute atomic E-state index is 0.632. The van der Waals surface area contributed by atoms with Crippen LogP contribution in [-0.2, 0) is 13.1 Å². The number of pyridine rings is 1. The summed E-state index contributed by atoms with van der Waals surface area (Å²) in [5.74, 6) is 2.64. The first-order chi connectivity index (χ1) is 12.6. The largest absolute Gasteiger partial charge is 0.352 e. The van der Waals surface area contributed by atoms with E-state index in [1.165, 1.54) is 5.56 Å². The number of guanidine groups is 1. The van der Waals surface area contributed by atoms with Gasteiger partial charge in [0.2, 0.25) is 0 Å². The maximum atomic E-state index is 4.71. The molecule has 0 aliphatic heterocycles. The number of rotatable bonds is 5. The maximum absolute atomic E-state index is 4.71. The first-order valence-corrected chi connectivity index (χ1v) is 8.59. The lowest BCUT2D eigenvalue weighted by molar-refractivity contribution is 0.578. The van der Waals surface area contributed by atoms with Crippen LogP contribution in [0.5, 0.6) is 0 Å². The first-order valence-electron chi connectivity index (χ1n) is 8.59. The third kappa shape index (κ3) is 4.27. The summed E-state index contributed by atoms with van der Waals surface area (Å²) in [5.41, 5.74) is 2.27. The fraction of sp³-hybridized carbons (Fsp3) is 0.250. The molecule has 0 saturated heterocycles. The Balaban J connectivity index is 1.75. The van der Waals surface area contributed by atoms with Crippen molar-refractivity contribution in [1.29, 1.82) is 0 Å². The van der Waals surface area contributed by atoms with Crippen LogP contribution in [0.2, 0.25) is 0 Å². The van der Waals surface area contributed by atoms with Gasteiger partial charge in [-0.15, -0.1) is 0 Å². The lowest BCUT2D eigenvalue weighted by Crippen LogP contribution is -2.36. The van der Waals surface area contributed by atoms with Crippen LogP contribution in [0, 0.1) is 6.92 Å². The Morgan fingerprint density at radius 3 is 2.58 bits per heavy atom. The summed E-state index contributed by atoms with van der Waals surface area (Å²) < 4.78 is 1.99. The van der Waals surface area contributed by atoms with Gasteiger partial charge in [0.05, 0.1) is 6.54 Å². The van der Waals surface area contributed by atoms with Gasteiger partial charge in [0.15, 0.2) is 5.96 Å². The summed E-state index contributed by atoms with van der Waals surface area (Å²) in [6.07, 6.45) is 5.51. The van der Waals surface area contributed by atoms with Crippen molar-refractivity contribution >= 4 is 5.96 Å². The van der Waals surface area contributed by atoms with Gasteiger partial charge in [-0.25, -0.2) is 15.0 Å². The highest BCUT2D eigenvalue weighted by atomic mass is 15.3. The zero-order chi connectivity index (χ0) is 18.4. The molecular weight excluding hydrogens is 324 g/mol. The van der Waals surface area contributed by atoms with Crippen LogP contribution in [-0.4, -0.2) is 39.5 Å². The highest BCUT2D eigenvalue weighted by Gasteiger charge is 2.09. The zero-order valence-corrected chi connectivity index (χ0v) is 15.4. The summed E-state index contributed by atoms with van der Waals surface area (Å²) in [7, 11) is 3.97. The molecule has 134 valence electrons. The van der Waals surface area contributed by atoms with Gasteiger partial charge in [0, 0.05) is 44.8 Å². The average molecular weight is 348 g/mol. The van der Waals surface area contributed by atoms with E-state index in [9.17, 15) is 0 Å². The quantitative estimate of drug-likeness (QED) is 0.569. The number of imidazole rings is 1. The van der Waals surface area contributed by atoms with Crippen molar-refractivity contribution < 1.29 is 0 Å². The molecule has 1 N–H and O–H groups in total. The second-order valence-corrected chi connectivity index (χ2v) is 6.20. The van der Waals surface area contributed by atoms with Crippen molar-refractivity contribution in [3.8, 4) is 5.82 Å². The molecule has 3 aromatic rings. The highest BCUT2D eigenvalue weighted by Crippen LogP contribution is 2.13. The van der Waals surface area contributed by atoms with Crippen molar-refractivity contribution in [2.75, 3.05) is 14.1 Å². The third-order valence-electron chi connectivity index (χ3n) is 4.04. The molecule has 2 heterocycles. The fourth-order valence-corrected chi connectivity index (χ4v) is 2.67. The van der Waals surface area contributed by atoms with Gasteiger partial charge in [0.25, 0.3) is 0 Å². The van der Waals surface area contributed by atoms with E-state index in [1.54, 1.807) is 12.4 Å².